The molecule has 0 unspecified atom stereocenters. The zero-order chi connectivity index (χ0) is 12.5. The van der Waals surface area contributed by atoms with E-state index in [0.29, 0.717) is 0 Å². The average molecular weight is 263 g/mol. The first-order valence-corrected chi connectivity index (χ1v) is 7.66. The van der Waals surface area contributed by atoms with Crippen LogP contribution in [-0.2, 0) is 6.54 Å². The van der Waals surface area contributed by atoms with Gasteiger partial charge in [0.25, 0.3) is 0 Å². The van der Waals surface area contributed by atoms with Gasteiger partial charge in [0.05, 0.1) is 10.7 Å². The molecule has 0 aromatic carbocycles. The summed E-state index contributed by atoms with van der Waals surface area (Å²) >= 11 is 1.76. The van der Waals surface area contributed by atoms with Crippen LogP contribution >= 0.6 is 11.3 Å². The van der Waals surface area contributed by atoms with Gasteiger partial charge in [0, 0.05) is 43.6 Å². The Bertz CT molecular complexity index is 428. The van der Waals surface area contributed by atoms with Crippen LogP contribution in [0, 0.1) is 6.92 Å². The van der Waals surface area contributed by atoms with Crippen LogP contribution in [0.3, 0.4) is 0 Å². The molecule has 3 heterocycles. The van der Waals surface area contributed by atoms with Crippen molar-refractivity contribution >= 4 is 11.3 Å². The fraction of sp³-hybridized carbons (Fsp3) is 0.643. The summed E-state index contributed by atoms with van der Waals surface area (Å²) in [5, 5.41) is 3.39. The molecule has 3 rings (SSSR count). The van der Waals surface area contributed by atoms with Gasteiger partial charge >= 0.3 is 0 Å². The molecule has 1 aromatic heterocycles. The Balaban J connectivity index is 1.64. The smallest absolute Gasteiger partial charge is 0.0897 e. The first-order valence-electron chi connectivity index (χ1n) is 6.78. The predicted octanol–water partition coefficient (Wildman–Crippen LogP) is 2.29. The van der Waals surface area contributed by atoms with E-state index in [4.69, 9.17) is 0 Å². The number of hydrogen-bond donors (Lipinski definition) is 0. The van der Waals surface area contributed by atoms with E-state index >= 15 is 0 Å². The monoisotopic (exact) mass is 263 g/mol. The first kappa shape index (κ1) is 12.3. The van der Waals surface area contributed by atoms with Gasteiger partial charge in [-0.15, -0.1) is 17.9 Å². The fourth-order valence-electron chi connectivity index (χ4n) is 3.44. The van der Waals surface area contributed by atoms with Crippen molar-refractivity contribution in [1.82, 2.24) is 14.8 Å². The maximum Gasteiger partial charge on any atom is 0.0897 e. The molecule has 0 aliphatic carbocycles. The minimum absolute atomic E-state index is 0.743. The lowest BCUT2D eigenvalue weighted by atomic mass is 10.1. The molecule has 2 atom stereocenters. The van der Waals surface area contributed by atoms with Gasteiger partial charge in [0.15, 0.2) is 0 Å². The van der Waals surface area contributed by atoms with Gasteiger partial charge in [-0.05, 0) is 19.8 Å². The maximum atomic E-state index is 4.59. The molecule has 3 nitrogen and oxygen atoms in total. The highest BCUT2D eigenvalue weighted by molar-refractivity contribution is 7.09. The van der Waals surface area contributed by atoms with Crippen LogP contribution in [0.1, 0.15) is 23.5 Å². The summed E-state index contributed by atoms with van der Waals surface area (Å²) in [4.78, 5) is 9.81. The Morgan fingerprint density at radius 3 is 2.78 bits per heavy atom. The van der Waals surface area contributed by atoms with Crippen LogP contribution in [0.2, 0.25) is 0 Å². The predicted molar refractivity (Wildman–Crippen MR) is 75.8 cm³/mol. The van der Waals surface area contributed by atoms with E-state index in [1.807, 2.05) is 6.08 Å². The van der Waals surface area contributed by atoms with Gasteiger partial charge in [-0.25, -0.2) is 4.98 Å². The van der Waals surface area contributed by atoms with Crippen molar-refractivity contribution < 1.29 is 0 Å². The second-order valence-corrected chi connectivity index (χ2v) is 6.39. The van der Waals surface area contributed by atoms with Gasteiger partial charge in [-0.3, -0.25) is 9.80 Å². The average Bonchev–Trinajstić information content (AvgIpc) is 3.01. The minimum Gasteiger partial charge on any atom is -0.295 e. The lowest BCUT2D eigenvalue weighted by Crippen LogP contribution is -2.36. The van der Waals surface area contributed by atoms with Crippen molar-refractivity contribution in [2.75, 3.05) is 19.6 Å². The molecule has 1 aromatic rings. The largest absolute Gasteiger partial charge is 0.295 e. The summed E-state index contributed by atoms with van der Waals surface area (Å²) < 4.78 is 0. The standard InChI is InChI=1S/C14H21N3S/c1-3-6-16-7-4-14-13(16)5-8-17(14)9-12-10-18-11(2)15-12/h3,10,13-14H,1,4-9H2,2H3/t13-,14-/m0/s1. The van der Waals surface area contributed by atoms with Gasteiger partial charge < -0.3 is 0 Å². The molecule has 0 N–H and O–H groups in total. The van der Waals surface area contributed by atoms with E-state index in [9.17, 15) is 0 Å². The second-order valence-electron chi connectivity index (χ2n) is 5.32. The van der Waals surface area contributed by atoms with Gasteiger partial charge in [0.1, 0.15) is 0 Å². The quantitative estimate of drug-likeness (QED) is 0.777. The van der Waals surface area contributed by atoms with E-state index in [1.54, 1.807) is 11.3 Å². The summed E-state index contributed by atoms with van der Waals surface area (Å²) in [7, 11) is 0. The lowest BCUT2D eigenvalue weighted by Gasteiger charge is -2.24. The minimum atomic E-state index is 0.743. The van der Waals surface area contributed by atoms with Gasteiger partial charge in [0.2, 0.25) is 0 Å². The third-order valence-electron chi connectivity index (χ3n) is 4.20. The molecule has 2 aliphatic heterocycles. The molecule has 0 radical (unpaired) electrons. The zero-order valence-corrected chi connectivity index (χ0v) is 11.8. The fourth-order valence-corrected chi connectivity index (χ4v) is 4.05. The number of aromatic nitrogens is 1. The van der Waals surface area contributed by atoms with Crippen molar-refractivity contribution in [3.63, 3.8) is 0 Å². The summed E-state index contributed by atoms with van der Waals surface area (Å²) in [6.45, 7) is 10.5. The molecule has 2 fully saturated rings. The number of likely N-dealkylation sites (tertiary alicyclic amines) is 2. The van der Waals surface area contributed by atoms with Crippen LogP contribution in [-0.4, -0.2) is 46.5 Å². The Hall–Kier alpha value is -0.710. The first-order chi connectivity index (χ1) is 8.78. The van der Waals surface area contributed by atoms with Crippen molar-refractivity contribution in [3.05, 3.63) is 28.7 Å². The number of rotatable bonds is 4. The molecule has 0 bridgehead atoms. The second kappa shape index (κ2) is 5.11. The highest BCUT2D eigenvalue weighted by Crippen LogP contribution is 2.32. The van der Waals surface area contributed by atoms with Crippen molar-refractivity contribution in [3.8, 4) is 0 Å². The van der Waals surface area contributed by atoms with Crippen LogP contribution in [0.5, 0.6) is 0 Å². The van der Waals surface area contributed by atoms with Crippen molar-refractivity contribution in [2.45, 2.75) is 38.4 Å². The molecule has 98 valence electrons. The molecular formula is C14H21N3S. The van der Waals surface area contributed by atoms with Crippen LogP contribution in [0.4, 0.5) is 0 Å². The van der Waals surface area contributed by atoms with E-state index in [1.165, 1.54) is 36.6 Å². The zero-order valence-electron chi connectivity index (χ0n) is 11.0. The molecule has 2 aliphatic rings. The van der Waals surface area contributed by atoms with Crippen molar-refractivity contribution in [2.24, 2.45) is 0 Å². The summed E-state index contributed by atoms with van der Waals surface area (Å²) in [6.07, 6.45) is 4.65. The summed E-state index contributed by atoms with van der Waals surface area (Å²) in [5.41, 5.74) is 1.25. The molecular weight excluding hydrogens is 242 g/mol. The SMILES string of the molecule is C=CCN1CC[C@H]2[C@@H]1CCN2Cc1csc(C)n1. The van der Waals surface area contributed by atoms with Crippen LogP contribution in [0.15, 0.2) is 18.0 Å². The number of aryl methyl sites for hydroxylation is 1. The molecule has 4 heteroatoms. The van der Waals surface area contributed by atoms with Gasteiger partial charge in [-0.1, -0.05) is 6.08 Å². The van der Waals surface area contributed by atoms with Crippen LogP contribution < -0.4 is 0 Å². The molecule has 18 heavy (non-hydrogen) atoms. The van der Waals surface area contributed by atoms with Crippen molar-refractivity contribution in [1.29, 1.82) is 0 Å². The Morgan fingerprint density at radius 1 is 1.39 bits per heavy atom. The number of thiazole rings is 1. The van der Waals surface area contributed by atoms with E-state index in [0.717, 1.165) is 25.2 Å². The van der Waals surface area contributed by atoms with E-state index in [-0.39, 0.29) is 0 Å². The lowest BCUT2D eigenvalue weighted by molar-refractivity contribution is 0.224. The number of hydrogen-bond acceptors (Lipinski definition) is 4. The van der Waals surface area contributed by atoms with E-state index < -0.39 is 0 Å². The summed E-state index contributed by atoms with van der Waals surface area (Å²) in [5.74, 6) is 0. The highest BCUT2D eigenvalue weighted by Gasteiger charge is 2.41. The topological polar surface area (TPSA) is 19.4 Å². The molecule has 2 saturated heterocycles. The third kappa shape index (κ3) is 2.25. The Morgan fingerprint density at radius 2 is 2.11 bits per heavy atom. The maximum absolute atomic E-state index is 4.59. The summed E-state index contributed by atoms with van der Waals surface area (Å²) in [6, 6.07) is 1.50. The third-order valence-corrected chi connectivity index (χ3v) is 5.02. The number of nitrogens with zero attached hydrogens (tertiary/aromatic N) is 3. The number of fused-ring (bicyclic) bond motifs is 1. The molecule has 0 saturated carbocycles. The Kier molecular flexibility index (Phi) is 3.50. The highest BCUT2D eigenvalue weighted by atomic mass is 32.1. The molecule has 0 amide bonds. The van der Waals surface area contributed by atoms with Gasteiger partial charge in [-0.2, -0.15) is 0 Å². The van der Waals surface area contributed by atoms with E-state index in [2.05, 4.69) is 33.7 Å². The Labute approximate surface area is 113 Å². The van der Waals surface area contributed by atoms with Crippen LogP contribution in [0.25, 0.3) is 0 Å². The molecule has 0 spiro atoms. The normalized spacial score (nSPS) is 28.7.